The first-order valence-corrected chi connectivity index (χ1v) is 5.93. The van der Waals surface area contributed by atoms with Crippen LogP contribution < -0.4 is 34.7 Å². The van der Waals surface area contributed by atoms with Crippen molar-refractivity contribution in [1.82, 2.24) is 5.01 Å². The third kappa shape index (κ3) is 6.70. The predicted molar refractivity (Wildman–Crippen MR) is 73.2 cm³/mol. The Bertz CT molecular complexity index is 546. The number of hydrogen-bond acceptors (Lipinski definition) is 6. The summed E-state index contributed by atoms with van der Waals surface area (Å²) in [4.78, 5) is 14.6. The summed E-state index contributed by atoms with van der Waals surface area (Å²) in [6, 6.07) is 3.79. The van der Waals surface area contributed by atoms with Crippen molar-refractivity contribution < 1.29 is 44.2 Å². The number of likely N-dealkylation sites (N-methyl/N-ethyl adjacent to an activating group) is 1. The zero-order valence-corrected chi connectivity index (χ0v) is 15.0. The number of benzene rings is 1. The van der Waals surface area contributed by atoms with Gasteiger partial charge in [-0.1, -0.05) is 11.3 Å². The summed E-state index contributed by atoms with van der Waals surface area (Å²) in [5.41, 5.74) is 3.09. The van der Waals surface area contributed by atoms with Crippen LogP contribution in [0.5, 0.6) is 0 Å². The Hall–Kier alpha value is -1.44. The van der Waals surface area contributed by atoms with Crippen molar-refractivity contribution in [2.75, 3.05) is 20.7 Å². The number of nitrogens with zero attached hydrogens (tertiary/aromatic N) is 4. The molecule has 7 nitrogen and oxygen atoms in total. The van der Waals surface area contributed by atoms with E-state index in [9.17, 15) is 9.90 Å². The molecule has 0 fully saturated rings. The molecule has 0 spiro atoms. The molecule has 108 valence electrons. The standard InChI is InChI=1S/C13H18N4O3.Na/c1-9-5-10(2)13(11(6-9)14-8-20-4)15-16-17(3)7-12(18)19;/h5-6,8H,7H2,1-4H3,(H,18,19);/q;+1/p-1. The summed E-state index contributed by atoms with van der Waals surface area (Å²) >= 11 is 0. The molecule has 1 aromatic carbocycles. The van der Waals surface area contributed by atoms with Gasteiger partial charge in [0.15, 0.2) is 6.40 Å². The number of aryl methyl sites for hydroxylation is 2. The average Bonchev–Trinajstić information content (AvgIpc) is 2.33. The molecular weight excluding hydrogens is 283 g/mol. The van der Waals surface area contributed by atoms with Crippen LogP contribution >= 0.6 is 0 Å². The number of hydrogen-bond donors (Lipinski definition) is 0. The Labute approximate surface area is 146 Å². The second-order valence-electron chi connectivity index (χ2n) is 4.30. The molecule has 0 heterocycles. The van der Waals surface area contributed by atoms with E-state index in [2.05, 4.69) is 15.3 Å². The van der Waals surface area contributed by atoms with Crippen LogP contribution in [0, 0.1) is 13.8 Å². The zero-order chi connectivity index (χ0) is 15.1. The predicted octanol–water partition coefficient (Wildman–Crippen LogP) is -1.71. The fraction of sp³-hybridized carbons (Fsp3) is 0.385. The Morgan fingerprint density at radius 1 is 1.43 bits per heavy atom. The number of methoxy groups -OCH3 is 1. The number of carboxylic acid groups (broad SMARTS) is 1. The van der Waals surface area contributed by atoms with E-state index in [-0.39, 0.29) is 36.1 Å². The maximum Gasteiger partial charge on any atom is 1.00 e. The van der Waals surface area contributed by atoms with Gasteiger partial charge in [-0.25, -0.2) is 4.99 Å². The van der Waals surface area contributed by atoms with Gasteiger partial charge in [0.1, 0.15) is 5.69 Å². The van der Waals surface area contributed by atoms with Crippen molar-refractivity contribution in [3.63, 3.8) is 0 Å². The first-order chi connectivity index (χ1) is 9.43. The second kappa shape index (κ2) is 9.49. The molecule has 1 aromatic rings. The fourth-order valence-corrected chi connectivity index (χ4v) is 1.62. The maximum absolute atomic E-state index is 10.4. The van der Waals surface area contributed by atoms with E-state index >= 15 is 0 Å². The number of rotatable bonds is 6. The van der Waals surface area contributed by atoms with Gasteiger partial charge in [-0.15, -0.1) is 5.11 Å². The Morgan fingerprint density at radius 2 is 2.10 bits per heavy atom. The average molecular weight is 300 g/mol. The third-order valence-corrected chi connectivity index (χ3v) is 2.38. The van der Waals surface area contributed by atoms with Crippen LogP contribution in [0.1, 0.15) is 11.1 Å². The van der Waals surface area contributed by atoms with Crippen molar-refractivity contribution in [2.24, 2.45) is 15.3 Å². The molecule has 0 saturated heterocycles. The van der Waals surface area contributed by atoms with Gasteiger partial charge in [0, 0.05) is 7.05 Å². The minimum absolute atomic E-state index is 0. The third-order valence-electron chi connectivity index (χ3n) is 2.38. The second-order valence-corrected chi connectivity index (χ2v) is 4.30. The molecule has 0 aromatic heterocycles. The molecule has 0 saturated carbocycles. The van der Waals surface area contributed by atoms with Crippen LogP contribution in [0.4, 0.5) is 11.4 Å². The monoisotopic (exact) mass is 300 g/mol. The van der Waals surface area contributed by atoms with Gasteiger partial charge in [-0.05, 0) is 31.0 Å². The van der Waals surface area contributed by atoms with Gasteiger partial charge in [0.25, 0.3) is 0 Å². The van der Waals surface area contributed by atoms with Crippen molar-refractivity contribution in [2.45, 2.75) is 13.8 Å². The van der Waals surface area contributed by atoms with E-state index < -0.39 is 5.97 Å². The van der Waals surface area contributed by atoms with Crippen LogP contribution in [-0.4, -0.2) is 38.1 Å². The van der Waals surface area contributed by atoms with E-state index in [1.807, 2.05) is 26.0 Å². The van der Waals surface area contributed by atoms with E-state index in [0.29, 0.717) is 11.4 Å². The SMILES string of the molecule is COC=Nc1cc(C)cc(C)c1N=NN(C)CC(=O)[O-].[Na+]. The molecule has 0 bridgehead atoms. The molecule has 0 aliphatic heterocycles. The molecule has 0 radical (unpaired) electrons. The zero-order valence-electron chi connectivity index (χ0n) is 13.0. The summed E-state index contributed by atoms with van der Waals surface area (Å²) in [5, 5.41) is 19.5. The molecule has 0 amide bonds. The molecular formula is C13H17N4NaO3. The summed E-state index contributed by atoms with van der Waals surface area (Å²) in [5.74, 6) is -1.22. The normalized spacial score (nSPS) is 10.7. The molecule has 0 aliphatic carbocycles. The molecule has 0 atom stereocenters. The molecule has 0 N–H and O–H groups in total. The van der Waals surface area contributed by atoms with Gasteiger partial charge in [-0.3, -0.25) is 5.01 Å². The minimum atomic E-state index is -1.22. The molecule has 21 heavy (non-hydrogen) atoms. The van der Waals surface area contributed by atoms with Crippen LogP contribution in [-0.2, 0) is 9.53 Å². The van der Waals surface area contributed by atoms with Gasteiger partial charge in [-0.2, -0.15) is 0 Å². The smallest absolute Gasteiger partial charge is 0.548 e. The Morgan fingerprint density at radius 3 is 2.67 bits per heavy atom. The number of aliphatic imine (C=N–C) groups is 1. The summed E-state index contributed by atoms with van der Waals surface area (Å²) in [6.07, 6.45) is 1.30. The van der Waals surface area contributed by atoms with Gasteiger partial charge in [0.05, 0.1) is 25.3 Å². The van der Waals surface area contributed by atoms with E-state index in [1.165, 1.54) is 25.6 Å². The maximum atomic E-state index is 10.4. The summed E-state index contributed by atoms with van der Waals surface area (Å²) < 4.78 is 4.80. The number of ether oxygens (including phenoxy) is 1. The minimum Gasteiger partial charge on any atom is -0.548 e. The fourth-order valence-electron chi connectivity index (χ4n) is 1.62. The quantitative estimate of drug-likeness (QED) is 0.206. The van der Waals surface area contributed by atoms with Crippen LogP contribution in [0.15, 0.2) is 27.5 Å². The van der Waals surface area contributed by atoms with Gasteiger partial charge < -0.3 is 14.6 Å². The summed E-state index contributed by atoms with van der Waals surface area (Å²) in [6.45, 7) is 3.50. The first-order valence-electron chi connectivity index (χ1n) is 5.93. The number of carbonyl (C=O) groups is 1. The van der Waals surface area contributed by atoms with E-state index in [4.69, 9.17) is 4.74 Å². The number of aliphatic carboxylic acids is 1. The van der Waals surface area contributed by atoms with Gasteiger partial charge >= 0.3 is 29.6 Å². The Balaban J connectivity index is 0.00000400. The van der Waals surface area contributed by atoms with Crippen LogP contribution in [0.25, 0.3) is 0 Å². The summed E-state index contributed by atoms with van der Waals surface area (Å²) in [7, 11) is 3.00. The van der Waals surface area contributed by atoms with Gasteiger partial charge in [0.2, 0.25) is 0 Å². The molecule has 1 rings (SSSR count). The topological polar surface area (TPSA) is 89.7 Å². The van der Waals surface area contributed by atoms with Crippen LogP contribution in [0.2, 0.25) is 0 Å². The van der Waals surface area contributed by atoms with Crippen molar-refractivity contribution in [3.05, 3.63) is 23.3 Å². The molecule has 0 unspecified atom stereocenters. The van der Waals surface area contributed by atoms with Crippen molar-refractivity contribution in [1.29, 1.82) is 0 Å². The first kappa shape index (κ1) is 19.6. The molecule has 8 heteroatoms. The van der Waals surface area contributed by atoms with Crippen molar-refractivity contribution in [3.8, 4) is 0 Å². The van der Waals surface area contributed by atoms with Crippen LogP contribution in [0.3, 0.4) is 0 Å². The number of carboxylic acids is 1. The largest absolute Gasteiger partial charge is 1.00 e. The van der Waals surface area contributed by atoms with E-state index in [1.54, 1.807) is 0 Å². The number of carbonyl (C=O) groups excluding carboxylic acids is 1. The Kier molecular flexibility index (Phi) is 8.84. The van der Waals surface area contributed by atoms with E-state index in [0.717, 1.165) is 11.1 Å². The molecule has 0 aliphatic rings. The van der Waals surface area contributed by atoms with Crippen molar-refractivity contribution >= 4 is 23.7 Å².